The van der Waals surface area contributed by atoms with Gasteiger partial charge in [0.25, 0.3) is 5.56 Å². The maximum absolute atomic E-state index is 11.7. The van der Waals surface area contributed by atoms with Gasteiger partial charge >= 0.3 is 5.69 Å². The fourth-order valence-electron chi connectivity index (χ4n) is 1.47. The van der Waals surface area contributed by atoms with Gasteiger partial charge in [0.05, 0.1) is 11.3 Å². The zero-order chi connectivity index (χ0) is 14.0. The molecule has 2 aromatic rings. The van der Waals surface area contributed by atoms with Crippen LogP contribution in [-0.4, -0.2) is 23.7 Å². The smallest absolute Gasteiger partial charge is 0.332 e. The summed E-state index contributed by atoms with van der Waals surface area (Å²) >= 11 is 4.31. The number of aromatic nitrogens is 4. The Morgan fingerprint density at radius 2 is 1.78 bits per heavy atom. The Labute approximate surface area is 108 Å². The third kappa shape index (κ3) is 2.48. The summed E-state index contributed by atoms with van der Waals surface area (Å²) in [6.07, 6.45) is 1.52. The average Bonchev–Trinajstić information content (AvgIpc) is 2.65. The lowest BCUT2D eigenvalue weighted by molar-refractivity contribution is 0.705. The molecule has 0 unspecified atom stereocenters. The number of nitrogens with two attached hydrogens (primary N) is 1. The number of imidazole rings is 1. The van der Waals surface area contributed by atoms with E-state index in [0.717, 1.165) is 4.57 Å². The van der Waals surface area contributed by atoms with E-state index in [0.29, 0.717) is 16.2 Å². The minimum atomic E-state index is -0.360. The highest BCUT2D eigenvalue weighted by molar-refractivity contribution is 7.80. The molecule has 0 saturated carbocycles. The van der Waals surface area contributed by atoms with E-state index in [1.54, 1.807) is 25.6 Å². The number of rotatable bonds is 0. The molecule has 0 fully saturated rings. The molecule has 0 aliphatic rings. The van der Waals surface area contributed by atoms with Gasteiger partial charge < -0.3 is 10.3 Å². The van der Waals surface area contributed by atoms with Gasteiger partial charge in [0.15, 0.2) is 11.2 Å². The standard InChI is InChI=1S/C8H10N4O2.C2H5NS/c1-10-4-9-6-5(10)7(13)12(3)8(14)11(6)2;1-2(3)4/h4H,1-3H3;1H3,(H2,3,4). The van der Waals surface area contributed by atoms with Crippen LogP contribution >= 0.6 is 12.2 Å². The summed E-state index contributed by atoms with van der Waals surface area (Å²) in [6.45, 7) is 1.68. The summed E-state index contributed by atoms with van der Waals surface area (Å²) in [4.78, 5) is 27.7. The summed E-state index contributed by atoms with van der Waals surface area (Å²) in [5, 5.41) is 0. The number of aryl methyl sites for hydroxylation is 2. The number of hydrogen-bond donors (Lipinski definition) is 1. The quantitative estimate of drug-likeness (QED) is 0.637. The average molecular weight is 269 g/mol. The van der Waals surface area contributed by atoms with Crippen LogP contribution in [0.4, 0.5) is 0 Å². The first kappa shape index (κ1) is 14.1. The molecular formula is C10H15N5O2S. The maximum Gasteiger partial charge on any atom is 0.332 e. The van der Waals surface area contributed by atoms with Crippen LogP contribution in [0.15, 0.2) is 15.9 Å². The van der Waals surface area contributed by atoms with Crippen LogP contribution in [0.2, 0.25) is 0 Å². The molecule has 0 saturated heterocycles. The number of nitrogens with zero attached hydrogens (tertiary/aromatic N) is 4. The molecule has 0 atom stereocenters. The summed E-state index contributed by atoms with van der Waals surface area (Å²) in [5.74, 6) is 0. The summed E-state index contributed by atoms with van der Waals surface area (Å²) in [6, 6.07) is 0. The second-order valence-corrected chi connectivity index (χ2v) is 4.49. The minimum Gasteiger partial charge on any atom is -0.394 e. The highest BCUT2D eigenvalue weighted by atomic mass is 32.1. The SMILES string of the molecule is CC(N)=S.Cn1c(=O)c2c(ncn2C)n(C)c1=O. The van der Waals surface area contributed by atoms with Crippen molar-refractivity contribution >= 4 is 28.4 Å². The lowest BCUT2D eigenvalue weighted by Gasteiger charge is -2.02. The monoisotopic (exact) mass is 269 g/mol. The van der Waals surface area contributed by atoms with E-state index in [2.05, 4.69) is 17.2 Å². The largest absolute Gasteiger partial charge is 0.394 e. The second-order valence-electron chi connectivity index (χ2n) is 3.84. The third-order valence-corrected chi connectivity index (χ3v) is 2.32. The molecule has 0 aliphatic carbocycles. The highest BCUT2D eigenvalue weighted by Crippen LogP contribution is 2.01. The zero-order valence-electron chi connectivity index (χ0n) is 10.7. The van der Waals surface area contributed by atoms with Crippen molar-refractivity contribution in [1.82, 2.24) is 18.7 Å². The molecule has 98 valence electrons. The molecule has 0 bridgehead atoms. The molecule has 18 heavy (non-hydrogen) atoms. The first-order valence-electron chi connectivity index (χ1n) is 5.10. The van der Waals surface area contributed by atoms with Crippen molar-refractivity contribution < 1.29 is 0 Å². The van der Waals surface area contributed by atoms with Gasteiger partial charge in [-0.05, 0) is 6.92 Å². The van der Waals surface area contributed by atoms with E-state index in [1.807, 2.05) is 0 Å². The van der Waals surface area contributed by atoms with Crippen molar-refractivity contribution in [3.05, 3.63) is 27.2 Å². The van der Waals surface area contributed by atoms with E-state index in [4.69, 9.17) is 5.73 Å². The van der Waals surface area contributed by atoms with E-state index >= 15 is 0 Å². The third-order valence-electron chi connectivity index (χ3n) is 2.32. The second kappa shape index (κ2) is 5.13. The van der Waals surface area contributed by atoms with Crippen LogP contribution in [-0.2, 0) is 21.1 Å². The number of fused-ring (bicyclic) bond motifs is 1. The van der Waals surface area contributed by atoms with Crippen molar-refractivity contribution in [2.75, 3.05) is 0 Å². The van der Waals surface area contributed by atoms with Crippen LogP contribution in [0.5, 0.6) is 0 Å². The van der Waals surface area contributed by atoms with Gasteiger partial charge in [0.2, 0.25) is 0 Å². The van der Waals surface area contributed by atoms with Crippen molar-refractivity contribution in [2.24, 2.45) is 26.9 Å². The van der Waals surface area contributed by atoms with Gasteiger partial charge in [-0.25, -0.2) is 9.78 Å². The predicted molar refractivity (Wildman–Crippen MR) is 73.7 cm³/mol. The predicted octanol–water partition coefficient (Wildman–Crippen LogP) is -0.737. The zero-order valence-corrected chi connectivity index (χ0v) is 11.5. The molecule has 0 radical (unpaired) electrons. The van der Waals surface area contributed by atoms with Crippen LogP contribution in [0, 0.1) is 0 Å². The molecule has 2 rings (SSSR count). The molecular weight excluding hydrogens is 254 g/mol. The van der Waals surface area contributed by atoms with Crippen LogP contribution in [0.25, 0.3) is 11.2 Å². The Balaban J connectivity index is 0.000000357. The van der Waals surface area contributed by atoms with Crippen LogP contribution in [0.1, 0.15) is 6.92 Å². The molecule has 0 aromatic carbocycles. The molecule has 8 heteroatoms. The van der Waals surface area contributed by atoms with Crippen molar-refractivity contribution in [3.63, 3.8) is 0 Å². The van der Waals surface area contributed by atoms with E-state index in [1.165, 1.54) is 17.9 Å². The summed E-state index contributed by atoms with van der Waals surface area (Å²) < 4.78 is 4.04. The summed E-state index contributed by atoms with van der Waals surface area (Å²) in [5.41, 5.74) is 5.02. The lowest BCUT2D eigenvalue weighted by atomic mass is 10.5. The van der Waals surface area contributed by atoms with Gasteiger partial charge in [-0.2, -0.15) is 0 Å². The van der Waals surface area contributed by atoms with E-state index in [9.17, 15) is 9.59 Å². The van der Waals surface area contributed by atoms with Gasteiger partial charge in [0, 0.05) is 21.1 Å². The normalized spacial score (nSPS) is 10.0. The Hall–Kier alpha value is -1.96. The first-order chi connectivity index (χ1) is 8.27. The van der Waals surface area contributed by atoms with Crippen molar-refractivity contribution in [1.29, 1.82) is 0 Å². The van der Waals surface area contributed by atoms with Gasteiger partial charge in [-0.15, -0.1) is 0 Å². The first-order valence-corrected chi connectivity index (χ1v) is 5.51. The fourth-order valence-corrected chi connectivity index (χ4v) is 1.47. The van der Waals surface area contributed by atoms with E-state index < -0.39 is 0 Å². The Bertz CT molecular complexity index is 705. The molecule has 2 N–H and O–H groups in total. The van der Waals surface area contributed by atoms with Crippen LogP contribution in [0.3, 0.4) is 0 Å². The van der Waals surface area contributed by atoms with Gasteiger partial charge in [-0.3, -0.25) is 13.9 Å². The summed E-state index contributed by atoms with van der Waals surface area (Å²) in [7, 11) is 4.77. The molecule has 0 spiro atoms. The minimum absolute atomic E-state index is 0.317. The Kier molecular flexibility index (Phi) is 4.02. The van der Waals surface area contributed by atoms with E-state index in [-0.39, 0.29) is 11.2 Å². The molecule has 0 amide bonds. The number of hydrogen-bond acceptors (Lipinski definition) is 4. The molecule has 2 heterocycles. The molecule has 2 aromatic heterocycles. The van der Waals surface area contributed by atoms with Gasteiger partial charge in [-0.1, -0.05) is 12.2 Å². The van der Waals surface area contributed by atoms with Crippen molar-refractivity contribution in [2.45, 2.75) is 6.92 Å². The maximum atomic E-state index is 11.7. The molecule has 7 nitrogen and oxygen atoms in total. The fraction of sp³-hybridized carbons (Fsp3) is 0.400. The lowest BCUT2D eigenvalue weighted by Crippen LogP contribution is -2.37. The van der Waals surface area contributed by atoms with Gasteiger partial charge in [0.1, 0.15) is 0 Å². The molecule has 0 aliphatic heterocycles. The van der Waals surface area contributed by atoms with Crippen molar-refractivity contribution in [3.8, 4) is 0 Å². The van der Waals surface area contributed by atoms with Crippen LogP contribution < -0.4 is 17.0 Å². The highest BCUT2D eigenvalue weighted by Gasteiger charge is 2.11. The Morgan fingerprint density at radius 1 is 1.28 bits per heavy atom. The topological polar surface area (TPSA) is 87.8 Å². The number of thiocarbonyl (C=S) groups is 1. The Morgan fingerprint density at radius 3 is 2.28 bits per heavy atom.